The minimum Gasteiger partial charge on any atom is -0.481 e. The number of carbonyl (C=O) groups is 2. The Morgan fingerprint density at radius 2 is 1.88 bits per heavy atom. The van der Waals surface area contributed by atoms with Crippen LogP contribution in [0.3, 0.4) is 0 Å². The second-order valence-corrected chi connectivity index (χ2v) is 6.75. The molecule has 0 bridgehead atoms. The summed E-state index contributed by atoms with van der Waals surface area (Å²) in [5, 5.41) is 9.28. The summed E-state index contributed by atoms with van der Waals surface area (Å²) >= 11 is 0. The van der Waals surface area contributed by atoms with Crippen molar-refractivity contribution in [1.82, 2.24) is 9.47 Å². The molecule has 1 spiro atoms. The van der Waals surface area contributed by atoms with Crippen LogP contribution >= 0.6 is 0 Å². The van der Waals surface area contributed by atoms with Gasteiger partial charge >= 0.3 is 12.1 Å². The fraction of sp³-hybridized carbons (Fsp3) is 0.368. The van der Waals surface area contributed by atoms with Crippen molar-refractivity contribution in [3.63, 3.8) is 0 Å². The van der Waals surface area contributed by atoms with E-state index in [1.165, 1.54) is 0 Å². The first-order valence-corrected chi connectivity index (χ1v) is 8.47. The Balaban J connectivity index is 1.54. The van der Waals surface area contributed by atoms with E-state index in [2.05, 4.69) is 4.57 Å². The largest absolute Gasteiger partial charge is 0.481 e. The minimum atomic E-state index is -0.799. The minimum absolute atomic E-state index is 0.218. The van der Waals surface area contributed by atoms with E-state index in [1.54, 1.807) is 4.90 Å². The molecule has 1 aliphatic heterocycles. The monoisotopic (exact) mass is 340 g/mol. The number of aromatic nitrogens is 1. The number of hydrogen-bond donors (Lipinski definition) is 1. The molecule has 0 unspecified atom stereocenters. The lowest BCUT2D eigenvalue weighted by molar-refractivity contribution is -0.153. The van der Waals surface area contributed by atoms with Crippen molar-refractivity contribution in [1.29, 1.82) is 0 Å². The molecular formula is C19H20N2O4. The molecule has 2 heterocycles. The van der Waals surface area contributed by atoms with Crippen LogP contribution in [0.4, 0.5) is 4.79 Å². The van der Waals surface area contributed by atoms with E-state index in [4.69, 9.17) is 4.74 Å². The maximum Gasteiger partial charge on any atom is 0.410 e. The van der Waals surface area contributed by atoms with Crippen molar-refractivity contribution >= 4 is 12.1 Å². The van der Waals surface area contributed by atoms with Gasteiger partial charge in [-0.1, -0.05) is 30.3 Å². The number of benzene rings is 1. The summed E-state index contributed by atoms with van der Waals surface area (Å²) in [5.74, 6) is -1.21. The Morgan fingerprint density at radius 1 is 1.12 bits per heavy atom. The van der Waals surface area contributed by atoms with Crippen molar-refractivity contribution in [3.05, 3.63) is 59.9 Å². The summed E-state index contributed by atoms with van der Waals surface area (Å²) in [4.78, 5) is 25.8. The van der Waals surface area contributed by atoms with Crippen LogP contribution in [0, 0.1) is 5.92 Å². The number of carbonyl (C=O) groups excluding carboxylic acids is 1. The fourth-order valence-corrected chi connectivity index (χ4v) is 4.01. The molecule has 1 N–H and O–H groups in total. The topological polar surface area (TPSA) is 71.8 Å². The maximum absolute atomic E-state index is 12.7. The van der Waals surface area contributed by atoms with Crippen molar-refractivity contribution in [2.75, 3.05) is 6.54 Å². The number of hydrogen-bond acceptors (Lipinski definition) is 3. The Labute approximate surface area is 145 Å². The van der Waals surface area contributed by atoms with Crippen LogP contribution in [0.25, 0.3) is 0 Å². The first-order chi connectivity index (χ1) is 12.1. The highest BCUT2D eigenvalue weighted by atomic mass is 16.6. The van der Waals surface area contributed by atoms with Gasteiger partial charge in [-0.25, -0.2) is 4.79 Å². The number of ether oxygens (including phenoxy) is 1. The van der Waals surface area contributed by atoms with Gasteiger partial charge in [0.2, 0.25) is 0 Å². The quantitative estimate of drug-likeness (QED) is 0.933. The van der Waals surface area contributed by atoms with Crippen LogP contribution < -0.4 is 0 Å². The average molecular weight is 340 g/mol. The molecule has 130 valence electrons. The number of nitrogens with zero attached hydrogens (tertiary/aromatic N) is 2. The van der Waals surface area contributed by atoms with Crippen LogP contribution in [0.15, 0.2) is 48.7 Å². The second-order valence-electron chi connectivity index (χ2n) is 6.75. The number of amides is 1. The lowest BCUT2D eigenvalue weighted by Gasteiger charge is -2.54. The molecular weight excluding hydrogens is 320 g/mol. The van der Waals surface area contributed by atoms with Crippen LogP contribution in [0.5, 0.6) is 0 Å². The molecule has 1 saturated carbocycles. The molecule has 1 fully saturated rings. The standard InChI is InChI=1S/C19H20N2O4/c22-17(23)15-11-19(12-15)16-7-4-8-20(16)9-10-21(19)18(24)25-13-14-5-2-1-3-6-14/h1-8,15H,9-13H2,(H,22,23). The Kier molecular flexibility index (Phi) is 3.75. The molecule has 1 aromatic heterocycles. The molecule has 6 nitrogen and oxygen atoms in total. The average Bonchev–Trinajstić information content (AvgIpc) is 3.06. The highest BCUT2D eigenvalue weighted by molar-refractivity contribution is 5.74. The van der Waals surface area contributed by atoms with E-state index in [0.717, 1.165) is 11.3 Å². The van der Waals surface area contributed by atoms with Gasteiger partial charge in [0.1, 0.15) is 6.61 Å². The third-order valence-corrected chi connectivity index (χ3v) is 5.33. The molecule has 2 aromatic rings. The van der Waals surface area contributed by atoms with Crippen LogP contribution in [0.2, 0.25) is 0 Å². The molecule has 2 aliphatic rings. The highest BCUT2D eigenvalue weighted by Crippen LogP contribution is 2.52. The molecule has 25 heavy (non-hydrogen) atoms. The Morgan fingerprint density at radius 3 is 2.60 bits per heavy atom. The molecule has 1 aromatic carbocycles. The lowest BCUT2D eigenvalue weighted by atomic mass is 9.64. The summed E-state index contributed by atoms with van der Waals surface area (Å²) in [5.41, 5.74) is 1.38. The van der Waals surface area contributed by atoms with E-state index < -0.39 is 17.4 Å². The van der Waals surface area contributed by atoms with Gasteiger partial charge in [0.15, 0.2) is 0 Å². The van der Waals surface area contributed by atoms with E-state index in [9.17, 15) is 14.7 Å². The van der Waals surface area contributed by atoms with E-state index in [0.29, 0.717) is 25.9 Å². The van der Waals surface area contributed by atoms with E-state index in [-0.39, 0.29) is 12.7 Å². The molecule has 1 amide bonds. The molecule has 6 heteroatoms. The predicted octanol–water partition coefficient (Wildman–Crippen LogP) is 2.83. The first kappa shape index (κ1) is 15.7. The van der Waals surface area contributed by atoms with Gasteiger partial charge in [0, 0.05) is 25.0 Å². The number of carboxylic acid groups (broad SMARTS) is 1. The van der Waals surface area contributed by atoms with Gasteiger partial charge < -0.3 is 14.4 Å². The normalized spacial score (nSPS) is 24.5. The van der Waals surface area contributed by atoms with Crippen molar-refractivity contribution in [2.45, 2.75) is 31.5 Å². The van der Waals surface area contributed by atoms with E-state index >= 15 is 0 Å². The number of rotatable bonds is 3. The summed E-state index contributed by atoms with van der Waals surface area (Å²) in [7, 11) is 0. The molecule has 1 aliphatic carbocycles. The van der Waals surface area contributed by atoms with Gasteiger partial charge in [-0.15, -0.1) is 0 Å². The van der Waals surface area contributed by atoms with Crippen LogP contribution in [-0.2, 0) is 28.2 Å². The zero-order valence-electron chi connectivity index (χ0n) is 13.8. The smallest absolute Gasteiger partial charge is 0.410 e. The fourth-order valence-electron chi connectivity index (χ4n) is 4.01. The zero-order chi connectivity index (χ0) is 17.4. The van der Waals surface area contributed by atoms with Gasteiger partial charge in [-0.05, 0) is 30.5 Å². The summed E-state index contributed by atoms with van der Waals surface area (Å²) < 4.78 is 7.63. The van der Waals surface area contributed by atoms with Gasteiger partial charge in [-0.3, -0.25) is 9.69 Å². The summed E-state index contributed by atoms with van der Waals surface area (Å²) in [6.45, 7) is 1.44. The maximum atomic E-state index is 12.7. The van der Waals surface area contributed by atoms with Gasteiger partial charge in [-0.2, -0.15) is 0 Å². The zero-order valence-corrected chi connectivity index (χ0v) is 13.8. The second kappa shape index (κ2) is 5.95. The molecule has 0 saturated heterocycles. The third-order valence-electron chi connectivity index (χ3n) is 5.33. The summed E-state index contributed by atoms with van der Waals surface area (Å²) in [6.07, 6.45) is 2.48. The number of carboxylic acids is 1. The van der Waals surface area contributed by atoms with Gasteiger partial charge in [0.05, 0.1) is 11.5 Å². The van der Waals surface area contributed by atoms with Crippen molar-refractivity contribution < 1.29 is 19.4 Å². The van der Waals surface area contributed by atoms with Crippen LogP contribution in [0.1, 0.15) is 24.1 Å². The lowest BCUT2D eigenvalue weighted by Crippen LogP contribution is -2.62. The molecule has 0 atom stereocenters. The van der Waals surface area contributed by atoms with Crippen molar-refractivity contribution in [2.24, 2.45) is 5.92 Å². The first-order valence-electron chi connectivity index (χ1n) is 8.47. The van der Waals surface area contributed by atoms with Crippen molar-refractivity contribution in [3.8, 4) is 0 Å². The van der Waals surface area contributed by atoms with Gasteiger partial charge in [0.25, 0.3) is 0 Å². The SMILES string of the molecule is O=C(O)C1CC2(C1)c1cccn1CCN2C(=O)OCc1ccccc1. The number of fused-ring (bicyclic) bond motifs is 2. The highest BCUT2D eigenvalue weighted by Gasteiger charge is 2.57. The Bertz CT molecular complexity index is 793. The molecule has 0 radical (unpaired) electrons. The predicted molar refractivity (Wildman–Crippen MR) is 89.8 cm³/mol. The van der Waals surface area contributed by atoms with E-state index in [1.807, 2.05) is 48.7 Å². The molecule has 4 rings (SSSR count). The third kappa shape index (κ3) is 2.58. The Hall–Kier alpha value is -2.76. The number of aliphatic carboxylic acids is 1. The van der Waals surface area contributed by atoms with Crippen LogP contribution in [-0.4, -0.2) is 33.2 Å². The summed E-state index contributed by atoms with van der Waals surface area (Å²) in [6, 6.07) is 13.5.